The Bertz CT molecular complexity index is 308. The SMILES string of the molecule is c1c[nH]c(CNC2CCOC2C2CC2)n1. The lowest BCUT2D eigenvalue weighted by atomic mass is 10.1. The highest BCUT2D eigenvalue weighted by atomic mass is 16.5. The number of aromatic nitrogens is 2. The molecule has 2 aliphatic rings. The van der Waals surface area contributed by atoms with Gasteiger partial charge in [0, 0.05) is 25.0 Å². The zero-order chi connectivity index (χ0) is 10.1. The minimum atomic E-state index is 0.458. The molecule has 0 bridgehead atoms. The number of hydrogen-bond acceptors (Lipinski definition) is 3. The van der Waals surface area contributed by atoms with E-state index in [0.29, 0.717) is 12.1 Å². The molecule has 1 saturated heterocycles. The minimum Gasteiger partial charge on any atom is -0.376 e. The molecule has 0 amide bonds. The number of nitrogens with zero attached hydrogens (tertiary/aromatic N) is 1. The molecule has 1 aliphatic carbocycles. The Kier molecular flexibility index (Phi) is 2.46. The predicted octanol–water partition coefficient (Wildman–Crippen LogP) is 1.07. The maximum atomic E-state index is 5.77. The molecule has 0 spiro atoms. The summed E-state index contributed by atoms with van der Waals surface area (Å²) < 4.78 is 5.77. The van der Waals surface area contributed by atoms with Crippen molar-refractivity contribution in [2.24, 2.45) is 5.92 Å². The fraction of sp³-hybridized carbons (Fsp3) is 0.727. The van der Waals surface area contributed by atoms with Crippen LogP contribution in [0, 0.1) is 5.92 Å². The van der Waals surface area contributed by atoms with Crippen LogP contribution in [0.15, 0.2) is 12.4 Å². The topological polar surface area (TPSA) is 49.9 Å². The standard InChI is InChI=1S/C11H17N3O/c1-2-8(1)11-9(3-6-15-11)14-7-10-12-4-5-13-10/h4-5,8-9,11,14H,1-3,6-7H2,(H,12,13). The third-order valence-corrected chi connectivity index (χ3v) is 3.31. The Morgan fingerprint density at radius 3 is 3.13 bits per heavy atom. The summed E-state index contributed by atoms with van der Waals surface area (Å²) in [5.41, 5.74) is 0. The smallest absolute Gasteiger partial charge is 0.120 e. The van der Waals surface area contributed by atoms with E-state index in [4.69, 9.17) is 4.74 Å². The lowest BCUT2D eigenvalue weighted by Gasteiger charge is -2.18. The Morgan fingerprint density at radius 2 is 2.40 bits per heavy atom. The van der Waals surface area contributed by atoms with Gasteiger partial charge in [-0.2, -0.15) is 0 Å². The highest BCUT2D eigenvalue weighted by Crippen LogP contribution is 2.38. The summed E-state index contributed by atoms with van der Waals surface area (Å²) in [5.74, 6) is 1.83. The molecule has 1 saturated carbocycles. The van der Waals surface area contributed by atoms with Crippen LogP contribution in [0.25, 0.3) is 0 Å². The van der Waals surface area contributed by atoms with Gasteiger partial charge in [-0.3, -0.25) is 0 Å². The largest absolute Gasteiger partial charge is 0.376 e. The maximum Gasteiger partial charge on any atom is 0.120 e. The summed E-state index contributed by atoms with van der Waals surface area (Å²) in [6, 6.07) is 0.530. The highest BCUT2D eigenvalue weighted by molar-refractivity contribution is 4.95. The average molecular weight is 207 g/mol. The molecule has 3 rings (SSSR count). The van der Waals surface area contributed by atoms with Gasteiger partial charge in [0.05, 0.1) is 12.6 Å². The molecule has 1 aromatic heterocycles. The molecule has 2 heterocycles. The van der Waals surface area contributed by atoms with Crippen LogP contribution in [0.5, 0.6) is 0 Å². The van der Waals surface area contributed by atoms with Crippen molar-refractivity contribution in [1.29, 1.82) is 0 Å². The molecule has 2 unspecified atom stereocenters. The molecule has 0 aromatic carbocycles. The molecule has 1 aliphatic heterocycles. The summed E-state index contributed by atoms with van der Waals surface area (Å²) in [7, 11) is 0. The lowest BCUT2D eigenvalue weighted by molar-refractivity contribution is 0.0807. The molecular formula is C11H17N3O. The number of nitrogens with one attached hydrogen (secondary N) is 2. The number of hydrogen-bond donors (Lipinski definition) is 2. The van der Waals surface area contributed by atoms with Crippen LogP contribution in [0.3, 0.4) is 0 Å². The van der Waals surface area contributed by atoms with Crippen LogP contribution in [0.1, 0.15) is 25.1 Å². The zero-order valence-electron chi connectivity index (χ0n) is 8.78. The summed E-state index contributed by atoms with van der Waals surface area (Å²) in [5, 5.41) is 3.54. The van der Waals surface area contributed by atoms with Gasteiger partial charge in [0.25, 0.3) is 0 Å². The molecule has 4 nitrogen and oxygen atoms in total. The van der Waals surface area contributed by atoms with Crippen molar-refractivity contribution in [2.45, 2.75) is 38.0 Å². The van der Waals surface area contributed by atoms with Crippen LogP contribution < -0.4 is 5.32 Å². The van der Waals surface area contributed by atoms with E-state index < -0.39 is 0 Å². The van der Waals surface area contributed by atoms with Crippen molar-refractivity contribution in [2.75, 3.05) is 6.61 Å². The summed E-state index contributed by atoms with van der Waals surface area (Å²) in [6.45, 7) is 1.74. The Morgan fingerprint density at radius 1 is 1.47 bits per heavy atom. The second-order valence-electron chi connectivity index (χ2n) is 4.48. The van der Waals surface area contributed by atoms with E-state index in [-0.39, 0.29) is 0 Å². The molecular weight excluding hydrogens is 190 g/mol. The van der Waals surface area contributed by atoms with Crippen LogP contribution >= 0.6 is 0 Å². The Labute approximate surface area is 89.4 Å². The molecule has 1 aromatic rings. The van der Waals surface area contributed by atoms with Gasteiger partial charge in [0.15, 0.2) is 0 Å². The first-order valence-electron chi connectivity index (χ1n) is 5.77. The van der Waals surface area contributed by atoms with Crippen LogP contribution in [0.4, 0.5) is 0 Å². The average Bonchev–Trinajstić information content (AvgIpc) is 2.81. The molecule has 15 heavy (non-hydrogen) atoms. The van der Waals surface area contributed by atoms with Crippen LogP contribution in [-0.2, 0) is 11.3 Å². The van der Waals surface area contributed by atoms with Gasteiger partial charge in [0.2, 0.25) is 0 Å². The monoisotopic (exact) mass is 207 g/mol. The lowest BCUT2D eigenvalue weighted by Crippen LogP contribution is -2.37. The van der Waals surface area contributed by atoms with E-state index >= 15 is 0 Å². The summed E-state index contributed by atoms with van der Waals surface area (Å²) in [6.07, 6.45) is 7.95. The number of imidazole rings is 1. The number of rotatable bonds is 4. The number of ether oxygens (including phenoxy) is 1. The second-order valence-corrected chi connectivity index (χ2v) is 4.48. The first-order valence-corrected chi connectivity index (χ1v) is 5.77. The van der Waals surface area contributed by atoms with Crippen molar-refractivity contribution in [3.05, 3.63) is 18.2 Å². The Balaban J connectivity index is 1.53. The first kappa shape index (κ1) is 9.36. The molecule has 82 valence electrons. The van der Waals surface area contributed by atoms with Crippen molar-refractivity contribution in [3.63, 3.8) is 0 Å². The zero-order valence-corrected chi connectivity index (χ0v) is 8.78. The van der Waals surface area contributed by atoms with Crippen molar-refractivity contribution < 1.29 is 4.74 Å². The fourth-order valence-electron chi connectivity index (χ4n) is 2.34. The van der Waals surface area contributed by atoms with Crippen molar-refractivity contribution in [3.8, 4) is 0 Å². The third-order valence-electron chi connectivity index (χ3n) is 3.31. The van der Waals surface area contributed by atoms with Gasteiger partial charge in [-0.1, -0.05) is 0 Å². The molecule has 0 radical (unpaired) electrons. The summed E-state index contributed by atoms with van der Waals surface area (Å²) >= 11 is 0. The molecule has 2 atom stereocenters. The van der Waals surface area contributed by atoms with Gasteiger partial charge >= 0.3 is 0 Å². The van der Waals surface area contributed by atoms with E-state index in [0.717, 1.165) is 31.3 Å². The molecule has 2 N–H and O–H groups in total. The van der Waals surface area contributed by atoms with Crippen molar-refractivity contribution in [1.82, 2.24) is 15.3 Å². The van der Waals surface area contributed by atoms with E-state index in [1.807, 2.05) is 6.20 Å². The van der Waals surface area contributed by atoms with Gasteiger partial charge < -0.3 is 15.0 Å². The highest BCUT2D eigenvalue weighted by Gasteiger charge is 2.40. The fourth-order valence-corrected chi connectivity index (χ4v) is 2.34. The van der Waals surface area contributed by atoms with Gasteiger partial charge in [-0.05, 0) is 25.2 Å². The molecule has 2 fully saturated rings. The normalized spacial score (nSPS) is 30.9. The summed E-state index contributed by atoms with van der Waals surface area (Å²) in [4.78, 5) is 7.31. The van der Waals surface area contributed by atoms with Crippen LogP contribution in [0.2, 0.25) is 0 Å². The van der Waals surface area contributed by atoms with Crippen molar-refractivity contribution >= 4 is 0 Å². The maximum absolute atomic E-state index is 5.77. The first-order chi connectivity index (χ1) is 7.43. The Hall–Kier alpha value is -0.870. The van der Waals surface area contributed by atoms with E-state index in [1.165, 1.54) is 12.8 Å². The van der Waals surface area contributed by atoms with E-state index in [1.54, 1.807) is 6.20 Å². The second kappa shape index (κ2) is 3.94. The van der Waals surface area contributed by atoms with Gasteiger partial charge in [-0.25, -0.2) is 4.98 Å². The van der Waals surface area contributed by atoms with E-state index in [9.17, 15) is 0 Å². The number of H-pyrrole nitrogens is 1. The molecule has 4 heteroatoms. The predicted molar refractivity (Wildman–Crippen MR) is 56.3 cm³/mol. The third kappa shape index (κ3) is 2.06. The number of aromatic amines is 1. The van der Waals surface area contributed by atoms with Gasteiger partial charge in [-0.15, -0.1) is 0 Å². The van der Waals surface area contributed by atoms with E-state index in [2.05, 4.69) is 15.3 Å². The quantitative estimate of drug-likeness (QED) is 0.776. The van der Waals surface area contributed by atoms with Crippen LogP contribution in [-0.4, -0.2) is 28.7 Å². The minimum absolute atomic E-state index is 0.458. The van der Waals surface area contributed by atoms with Gasteiger partial charge in [0.1, 0.15) is 5.82 Å².